The van der Waals surface area contributed by atoms with E-state index in [1.165, 1.54) is 6.07 Å². The summed E-state index contributed by atoms with van der Waals surface area (Å²) in [4.78, 5) is 0. The fourth-order valence-corrected chi connectivity index (χ4v) is 4.21. The van der Waals surface area contributed by atoms with Gasteiger partial charge in [0.1, 0.15) is 36.3 Å². The molecular weight excluding hydrogens is 440 g/mol. The molecule has 0 aliphatic carbocycles. The fourth-order valence-electron chi connectivity index (χ4n) is 4.03. The Hall–Kier alpha value is -1.75. The van der Waals surface area contributed by atoms with E-state index in [9.17, 15) is 25.5 Å². The fraction of sp³-hybridized carbons (Fsp3) is 0.478. The van der Waals surface area contributed by atoms with Crippen molar-refractivity contribution in [2.75, 3.05) is 19.8 Å². The molecule has 32 heavy (non-hydrogen) atoms. The SMILES string of the molecule is OC[C@H]1OC(O)(c2ccc(Cl)c(Cc3ccc(O[C@@H]4CCOC4)cc3)c2)[C@H](O)[C@@H](O)[C@@H]1O. The van der Waals surface area contributed by atoms with E-state index in [1.54, 1.807) is 12.1 Å². The molecule has 0 aromatic heterocycles. The Balaban J connectivity index is 1.53. The van der Waals surface area contributed by atoms with Crippen LogP contribution in [-0.4, -0.2) is 75.9 Å². The van der Waals surface area contributed by atoms with E-state index in [1.807, 2.05) is 24.3 Å². The minimum absolute atomic E-state index is 0.0613. The van der Waals surface area contributed by atoms with E-state index in [2.05, 4.69) is 0 Å². The van der Waals surface area contributed by atoms with Crippen LogP contribution in [0.4, 0.5) is 0 Å². The monoisotopic (exact) mass is 466 g/mol. The van der Waals surface area contributed by atoms with Gasteiger partial charge in [0, 0.05) is 17.0 Å². The predicted octanol–water partition coefficient (Wildman–Crippen LogP) is 0.717. The van der Waals surface area contributed by atoms with Crippen LogP contribution in [0, 0.1) is 0 Å². The molecule has 1 unspecified atom stereocenters. The first-order valence-electron chi connectivity index (χ1n) is 10.5. The molecule has 0 saturated carbocycles. The number of aliphatic hydroxyl groups is 5. The van der Waals surface area contributed by atoms with Crippen molar-refractivity contribution in [1.82, 2.24) is 0 Å². The van der Waals surface area contributed by atoms with Crippen molar-refractivity contribution >= 4 is 11.6 Å². The average molecular weight is 467 g/mol. The highest BCUT2D eigenvalue weighted by atomic mass is 35.5. The maximum absolute atomic E-state index is 11.0. The molecule has 6 atom stereocenters. The molecule has 174 valence electrons. The number of hydrogen-bond acceptors (Lipinski definition) is 8. The molecule has 8 nitrogen and oxygen atoms in total. The molecule has 9 heteroatoms. The summed E-state index contributed by atoms with van der Waals surface area (Å²) in [5.41, 5.74) is 1.75. The summed E-state index contributed by atoms with van der Waals surface area (Å²) in [6, 6.07) is 12.2. The Bertz CT molecular complexity index is 915. The van der Waals surface area contributed by atoms with Gasteiger partial charge in [0.05, 0.1) is 19.8 Å². The van der Waals surface area contributed by atoms with Gasteiger partial charge in [-0.2, -0.15) is 0 Å². The molecule has 0 amide bonds. The normalized spacial score (nSPS) is 32.8. The number of benzene rings is 2. The van der Waals surface area contributed by atoms with Crippen LogP contribution in [0.2, 0.25) is 5.02 Å². The summed E-state index contributed by atoms with van der Waals surface area (Å²) in [5, 5.41) is 51.4. The molecule has 0 spiro atoms. The zero-order valence-corrected chi connectivity index (χ0v) is 18.1. The highest BCUT2D eigenvalue weighted by molar-refractivity contribution is 6.31. The summed E-state index contributed by atoms with van der Waals surface area (Å²) in [6.07, 6.45) is -4.99. The van der Waals surface area contributed by atoms with Crippen LogP contribution in [0.15, 0.2) is 42.5 Å². The van der Waals surface area contributed by atoms with E-state index < -0.39 is 36.8 Å². The molecule has 2 heterocycles. The van der Waals surface area contributed by atoms with Gasteiger partial charge in [0.2, 0.25) is 5.79 Å². The number of rotatable bonds is 6. The molecule has 4 rings (SSSR count). The molecule has 5 N–H and O–H groups in total. The van der Waals surface area contributed by atoms with Crippen LogP contribution in [0.5, 0.6) is 5.75 Å². The summed E-state index contributed by atoms with van der Waals surface area (Å²) >= 11 is 6.37. The lowest BCUT2D eigenvalue weighted by atomic mass is 9.87. The van der Waals surface area contributed by atoms with Crippen molar-refractivity contribution < 1.29 is 39.7 Å². The molecular formula is C23H27ClO8. The summed E-state index contributed by atoms with van der Waals surface area (Å²) in [7, 11) is 0. The Labute approximate surface area is 190 Å². The number of hydrogen-bond donors (Lipinski definition) is 5. The highest BCUT2D eigenvalue weighted by Gasteiger charge is 2.53. The molecule has 0 bridgehead atoms. The molecule has 2 aliphatic rings. The standard InChI is InChI=1S/C23H27ClO8/c24-18-6-3-15(23(29)22(28)21(27)20(26)19(11-25)32-23)10-14(18)9-13-1-4-16(5-2-13)31-17-7-8-30-12-17/h1-6,10,17,19-22,25-29H,7-9,11-12H2/t17-,19-,20-,21+,22-,23?/m1/s1. The van der Waals surface area contributed by atoms with Crippen LogP contribution >= 0.6 is 11.6 Å². The lowest BCUT2D eigenvalue weighted by Gasteiger charge is -2.45. The lowest BCUT2D eigenvalue weighted by Crippen LogP contribution is -2.63. The molecule has 2 aliphatic heterocycles. The third-order valence-electron chi connectivity index (χ3n) is 5.93. The van der Waals surface area contributed by atoms with Crippen molar-refractivity contribution in [1.29, 1.82) is 0 Å². The predicted molar refractivity (Wildman–Crippen MR) is 114 cm³/mol. The maximum Gasteiger partial charge on any atom is 0.222 e. The zero-order chi connectivity index (χ0) is 22.9. The van der Waals surface area contributed by atoms with Crippen LogP contribution in [0.1, 0.15) is 23.1 Å². The van der Waals surface area contributed by atoms with E-state index in [0.29, 0.717) is 30.2 Å². The average Bonchev–Trinajstić information content (AvgIpc) is 3.30. The van der Waals surface area contributed by atoms with Gasteiger partial charge in [0.25, 0.3) is 0 Å². The van der Waals surface area contributed by atoms with E-state index >= 15 is 0 Å². The number of aliphatic hydroxyl groups excluding tert-OH is 4. The highest BCUT2D eigenvalue weighted by Crippen LogP contribution is 2.38. The molecule has 2 fully saturated rings. The van der Waals surface area contributed by atoms with Gasteiger partial charge >= 0.3 is 0 Å². The van der Waals surface area contributed by atoms with Crippen LogP contribution in [0.25, 0.3) is 0 Å². The van der Waals surface area contributed by atoms with Crippen LogP contribution in [0.3, 0.4) is 0 Å². The second-order valence-corrected chi connectivity index (χ2v) is 8.60. The van der Waals surface area contributed by atoms with Crippen LogP contribution in [-0.2, 0) is 21.7 Å². The zero-order valence-electron chi connectivity index (χ0n) is 17.3. The molecule has 2 saturated heterocycles. The van der Waals surface area contributed by atoms with Gasteiger partial charge in [-0.05, 0) is 41.8 Å². The second-order valence-electron chi connectivity index (χ2n) is 8.19. The Kier molecular flexibility index (Phi) is 7.04. The Morgan fingerprint density at radius 3 is 2.47 bits per heavy atom. The summed E-state index contributed by atoms with van der Waals surface area (Å²) < 4.78 is 16.6. The first-order chi connectivity index (χ1) is 15.3. The van der Waals surface area contributed by atoms with E-state index in [0.717, 1.165) is 17.7 Å². The van der Waals surface area contributed by atoms with Gasteiger partial charge in [-0.3, -0.25) is 0 Å². The molecule has 2 aromatic carbocycles. The van der Waals surface area contributed by atoms with Crippen LogP contribution < -0.4 is 4.74 Å². The third kappa shape index (κ3) is 4.64. The van der Waals surface area contributed by atoms with E-state index in [-0.39, 0.29) is 11.7 Å². The van der Waals surface area contributed by atoms with Crippen molar-refractivity contribution in [3.8, 4) is 5.75 Å². The summed E-state index contributed by atoms with van der Waals surface area (Å²) in [5.74, 6) is -1.58. The van der Waals surface area contributed by atoms with Gasteiger partial charge in [-0.15, -0.1) is 0 Å². The van der Waals surface area contributed by atoms with Crippen molar-refractivity contribution in [2.24, 2.45) is 0 Å². The molecule has 2 aromatic rings. The Morgan fingerprint density at radius 2 is 1.81 bits per heavy atom. The smallest absolute Gasteiger partial charge is 0.222 e. The maximum atomic E-state index is 11.0. The van der Waals surface area contributed by atoms with Gasteiger partial charge in [-0.1, -0.05) is 29.8 Å². The molecule has 0 radical (unpaired) electrons. The number of halogens is 1. The first kappa shape index (κ1) is 23.4. The Morgan fingerprint density at radius 1 is 1.06 bits per heavy atom. The quantitative estimate of drug-likeness (QED) is 0.421. The topological polar surface area (TPSA) is 129 Å². The van der Waals surface area contributed by atoms with Gasteiger partial charge in [-0.25, -0.2) is 0 Å². The first-order valence-corrected chi connectivity index (χ1v) is 10.9. The lowest BCUT2D eigenvalue weighted by molar-refractivity contribution is -0.357. The van der Waals surface area contributed by atoms with E-state index in [4.69, 9.17) is 25.8 Å². The summed E-state index contributed by atoms with van der Waals surface area (Å²) in [6.45, 7) is 0.649. The third-order valence-corrected chi connectivity index (χ3v) is 6.30. The van der Waals surface area contributed by atoms with Crippen molar-refractivity contribution in [3.63, 3.8) is 0 Å². The second kappa shape index (κ2) is 9.62. The van der Waals surface area contributed by atoms with Gasteiger partial charge < -0.3 is 39.7 Å². The largest absolute Gasteiger partial charge is 0.488 e. The minimum Gasteiger partial charge on any atom is -0.488 e. The van der Waals surface area contributed by atoms with Crippen molar-refractivity contribution in [3.05, 3.63) is 64.2 Å². The minimum atomic E-state index is -2.33. The van der Waals surface area contributed by atoms with Gasteiger partial charge in [0.15, 0.2) is 0 Å². The van der Waals surface area contributed by atoms with Crippen molar-refractivity contribution in [2.45, 2.75) is 49.1 Å². The number of ether oxygens (including phenoxy) is 3.